The van der Waals surface area contributed by atoms with Crippen LogP contribution in [0.2, 0.25) is 5.02 Å². The molecule has 1 aromatic carbocycles. The van der Waals surface area contributed by atoms with Gasteiger partial charge in [-0.25, -0.2) is 0 Å². The van der Waals surface area contributed by atoms with Crippen LogP contribution in [0.3, 0.4) is 0 Å². The Morgan fingerprint density at radius 1 is 1.33 bits per heavy atom. The van der Waals surface area contributed by atoms with Crippen LogP contribution in [0.25, 0.3) is 0 Å². The fraction of sp³-hybridized carbons (Fsp3) is 0.500. The Bertz CT molecular complexity index is 457. The Balaban J connectivity index is 2.15. The first-order chi connectivity index (χ1) is 8.56. The van der Waals surface area contributed by atoms with Gasteiger partial charge in [0.1, 0.15) is 19.0 Å². The van der Waals surface area contributed by atoms with Gasteiger partial charge < -0.3 is 14.3 Å². The molecule has 3 nitrogen and oxygen atoms in total. The van der Waals surface area contributed by atoms with E-state index in [1.54, 1.807) is 13.0 Å². The second-order valence-corrected chi connectivity index (χ2v) is 5.21. The average molecular weight is 269 g/mol. The largest absolute Gasteiger partial charge is 0.486 e. The molecule has 98 valence electrons. The summed E-state index contributed by atoms with van der Waals surface area (Å²) in [5.41, 5.74) is 1.01. The van der Waals surface area contributed by atoms with Crippen LogP contribution in [0.5, 0.6) is 11.5 Å². The van der Waals surface area contributed by atoms with Gasteiger partial charge in [0.05, 0.1) is 0 Å². The molecule has 1 atom stereocenters. The highest BCUT2D eigenvalue weighted by atomic mass is 35.5. The number of fused-ring (bicyclic) bond motifs is 1. The van der Waals surface area contributed by atoms with Crippen LogP contribution in [0.1, 0.15) is 25.8 Å². The third kappa shape index (κ3) is 3.16. The van der Waals surface area contributed by atoms with Crippen LogP contribution in [0.15, 0.2) is 12.1 Å². The molecule has 0 N–H and O–H groups in total. The molecule has 0 amide bonds. The fourth-order valence-corrected chi connectivity index (χ4v) is 2.43. The van der Waals surface area contributed by atoms with Crippen molar-refractivity contribution < 1.29 is 14.3 Å². The van der Waals surface area contributed by atoms with Crippen molar-refractivity contribution in [2.75, 3.05) is 13.2 Å². The quantitative estimate of drug-likeness (QED) is 0.841. The van der Waals surface area contributed by atoms with Crippen LogP contribution in [-0.4, -0.2) is 19.0 Å². The van der Waals surface area contributed by atoms with Crippen molar-refractivity contribution in [1.29, 1.82) is 0 Å². The lowest BCUT2D eigenvalue weighted by atomic mass is 9.96. The molecule has 18 heavy (non-hydrogen) atoms. The summed E-state index contributed by atoms with van der Waals surface area (Å²) in [6.07, 6.45) is 1.35. The maximum Gasteiger partial charge on any atom is 0.162 e. The molecule has 4 heteroatoms. The minimum absolute atomic E-state index is 0.205. The standard InChI is InChI=1S/C14H17ClO3/c1-9(5-10(2)16)6-11-7-13-14(8-12(11)15)18-4-3-17-13/h7-9H,3-6H2,1-2H3. The topological polar surface area (TPSA) is 35.5 Å². The van der Waals surface area contributed by atoms with Crippen molar-refractivity contribution in [1.82, 2.24) is 0 Å². The van der Waals surface area contributed by atoms with E-state index in [-0.39, 0.29) is 11.7 Å². The number of ether oxygens (including phenoxy) is 2. The van der Waals surface area contributed by atoms with Crippen molar-refractivity contribution in [3.8, 4) is 11.5 Å². The highest BCUT2D eigenvalue weighted by Gasteiger charge is 2.16. The van der Waals surface area contributed by atoms with E-state index in [1.807, 2.05) is 6.07 Å². The molecule has 2 rings (SSSR count). The Hall–Kier alpha value is -1.22. The predicted molar refractivity (Wildman–Crippen MR) is 70.6 cm³/mol. The number of carbonyl (C=O) groups is 1. The van der Waals surface area contributed by atoms with E-state index < -0.39 is 0 Å². The smallest absolute Gasteiger partial charge is 0.162 e. The van der Waals surface area contributed by atoms with E-state index in [1.165, 1.54) is 0 Å². The molecule has 1 unspecified atom stereocenters. The summed E-state index contributed by atoms with van der Waals surface area (Å²) < 4.78 is 11.0. The van der Waals surface area contributed by atoms with Gasteiger partial charge in [0.2, 0.25) is 0 Å². The summed E-state index contributed by atoms with van der Waals surface area (Å²) in [5.74, 6) is 1.93. The van der Waals surface area contributed by atoms with Crippen molar-refractivity contribution in [2.45, 2.75) is 26.7 Å². The average Bonchev–Trinajstić information content (AvgIpc) is 2.29. The number of halogens is 1. The second kappa shape index (κ2) is 5.61. The minimum atomic E-state index is 0.205. The third-order valence-corrected chi connectivity index (χ3v) is 3.27. The van der Waals surface area contributed by atoms with Gasteiger partial charge in [-0.05, 0) is 30.9 Å². The molecule has 0 saturated carbocycles. The molecule has 0 aliphatic carbocycles. The molecule has 1 aromatic rings. The number of ketones is 1. The first-order valence-corrected chi connectivity index (χ1v) is 6.51. The molecular formula is C14H17ClO3. The van der Waals surface area contributed by atoms with Crippen molar-refractivity contribution in [2.24, 2.45) is 5.92 Å². The maximum absolute atomic E-state index is 11.1. The van der Waals surface area contributed by atoms with Crippen molar-refractivity contribution in [3.05, 3.63) is 22.7 Å². The molecule has 1 heterocycles. The van der Waals surface area contributed by atoms with Gasteiger partial charge in [0.25, 0.3) is 0 Å². The normalized spacial score (nSPS) is 15.3. The van der Waals surface area contributed by atoms with Gasteiger partial charge in [-0.15, -0.1) is 0 Å². The zero-order valence-corrected chi connectivity index (χ0v) is 11.4. The number of rotatable bonds is 4. The first-order valence-electron chi connectivity index (χ1n) is 6.13. The first kappa shape index (κ1) is 13.2. The van der Waals surface area contributed by atoms with E-state index in [0.717, 1.165) is 17.7 Å². The Kier molecular flexibility index (Phi) is 4.12. The molecule has 0 bridgehead atoms. The summed E-state index contributed by atoms with van der Waals surface area (Å²) in [7, 11) is 0. The van der Waals surface area contributed by atoms with Gasteiger partial charge in [-0.3, -0.25) is 0 Å². The fourth-order valence-electron chi connectivity index (χ4n) is 2.20. The van der Waals surface area contributed by atoms with Crippen LogP contribution < -0.4 is 9.47 Å². The minimum Gasteiger partial charge on any atom is -0.486 e. The maximum atomic E-state index is 11.1. The van der Waals surface area contributed by atoms with Crippen molar-refractivity contribution in [3.63, 3.8) is 0 Å². The van der Waals surface area contributed by atoms with E-state index in [9.17, 15) is 4.79 Å². The van der Waals surface area contributed by atoms with Crippen LogP contribution in [-0.2, 0) is 11.2 Å². The van der Waals surface area contributed by atoms with Crippen LogP contribution in [0, 0.1) is 5.92 Å². The summed E-state index contributed by atoms with van der Waals surface area (Å²) in [4.78, 5) is 11.1. The third-order valence-electron chi connectivity index (χ3n) is 2.92. The van der Waals surface area contributed by atoms with Gasteiger partial charge in [-0.1, -0.05) is 18.5 Å². The van der Waals surface area contributed by atoms with E-state index in [0.29, 0.717) is 30.4 Å². The molecule has 0 radical (unpaired) electrons. The van der Waals surface area contributed by atoms with E-state index in [2.05, 4.69) is 6.92 Å². The Labute approximate surface area is 112 Å². The molecule has 0 fully saturated rings. The summed E-state index contributed by atoms with van der Waals surface area (Å²) in [5, 5.41) is 0.676. The number of carbonyl (C=O) groups excluding carboxylic acids is 1. The van der Waals surface area contributed by atoms with Gasteiger partial charge >= 0.3 is 0 Å². The SMILES string of the molecule is CC(=O)CC(C)Cc1cc2c(cc1Cl)OCCO2. The molecule has 1 aliphatic heterocycles. The number of benzene rings is 1. The van der Waals surface area contributed by atoms with Crippen molar-refractivity contribution >= 4 is 17.4 Å². The number of hydrogen-bond acceptors (Lipinski definition) is 3. The Morgan fingerprint density at radius 3 is 2.56 bits per heavy atom. The molecule has 0 spiro atoms. The van der Waals surface area contributed by atoms with Crippen LogP contribution in [0.4, 0.5) is 0 Å². The van der Waals surface area contributed by atoms with Gasteiger partial charge in [0.15, 0.2) is 11.5 Å². The van der Waals surface area contributed by atoms with Gasteiger partial charge in [-0.2, -0.15) is 0 Å². The summed E-state index contributed by atoms with van der Waals surface area (Å²) >= 11 is 6.22. The summed E-state index contributed by atoms with van der Waals surface area (Å²) in [6, 6.07) is 3.72. The molecule has 1 aliphatic rings. The van der Waals surface area contributed by atoms with E-state index >= 15 is 0 Å². The molecule has 0 saturated heterocycles. The zero-order valence-electron chi connectivity index (χ0n) is 10.7. The Morgan fingerprint density at radius 2 is 1.94 bits per heavy atom. The predicted octanol–water partition coefficient (Wildman–Crippen LogP) is 3.27. The lowest BCUT2D eigenvalue weighted by Gasteiger charge is -2.20. The molecule has 0 aromatic heterocycles. The van der Waals surface area contributed by atoms with Crippen LogP contribution >= 0.6 is 11.6 Å². The molecular weight excluding hydrogens is 252 g/mol. The van der Waals surface area contributed by atoms with E-state index in [4.69, 9.17) is 21.1 Å². The summed E-state index contributed by atoms with van der Waals surface area (Å²) in [6.45, 7) is 4.79. The highest BCUT2D eigenvalue weighted by Crippen LogP contribution is 2.36. The number of hydrogen-bond donors (Lipinski definition) is 0. The lowest BCUT2D eigenvalue weighted by Crippen LogP contribution is -2.16. The second-order valence-electron chi connectivity index (χ2n) is 4.80. The monoisotopic (exact) mass is 268 g/mol. The highest BCUT2D eigenvalue weighted by molar-refractivity contribution is 6.31. The zero-order chi connectivity index (χ0) is 13.1. The lowest BCUT2D eigenvalue weighted by molar-refractivity contribution is -0.117. The van der Waals surface area contributed by atoms with Gasteiger partial charge in [0, 0.05) is 17.5 Å². The number of Topliss-reactive ketones (excluding diaryl/α,β-unsaturated/α-hetero) is 1.